The van der Waals surface area contributed by atoms with Crippen molar-refractivity contribution in [2.45, 2.75) is 20.0 Å². The Kier molecular flexibility index (Phi) is 3.93. The summed E-state index contributed by atoms with van der Waals surface area (Å²) in [6, 6.07) is 5.12. The first-order valence-corrected chi connectivity index (χ1v) is 6.58. The first-order chi connectivity index (χ1) is 8.61. The highest BCUT2D eigenvalue weighted by Gasteiger charge is 2.11. The van der Waals surface area contributed by atoms with Crippen LogP contribution in [0.25, 0.3) is 0 Å². The van der Waals surface area contributed by atoms with E-state index in [-0.39, 0.29) is 5.82 Å². The fourth-order valence-corrected chi connectivity index (χ4v) is 2.60. The average molecular weight is 265 g/mol. The standard InChI is InChI=1S/C13H16FN3S/c1-9-13(18-8-16-9)7-17(2)12-4-3-10(6-15)5-11(12)14/h3-5,8H,6-7,15H2,1-2H3. The van der Waals surface area contributed by atoms with Crippen LogP contribution in [0.5, 0.6) is 0 Å². The number of thiazole rings is 1. The lowest BCUT2D eigenvalue weighted by atomic mass is 10.2. The molecule has 1 heterocycles. The number of aromatic nitrogens is 1. The molecule has 0 aliphatic carbocycles. The van der Waals surface area contributed by atoms with Gasteiger partial charge in [-0.05, 0) is 24.6 Å². The lowest BCUT2D eigenvalue weighted by Crippen LogP contribution is -2.17. The van der Waals surface area contributed by atoms with E-state index in [4.69, 9.17) is 5.73 Å². The Hall–Kier alpha value is -1.46. The quantitative estimate of drug-likeness (QED) is 0.924. The van der Waals surface area contributed by atoms with Crippen LogP contribution in [0.15, 0.2) is 23.7 Å². The summed E-state index contributed by atoms with van der Waals surface area (Å²) >= 11 is 1.59. The van der Waals surface area contributed by atoms with Crippen molar-refractivity contribution in [2.24, 2.45) is 5.73 Å². The minimum absolute atomic E-state index is 0.234. The molecule has 0 aliphatic rings. The van der Waals surface area contributed by atoms with Gasteiger partial charge in [-0.15, -0.1) is 11.3 Å². The Labute approximate surface area is 110 Å². The number of hydrogen-bond acceptors (Lipinski definition) is 4. The molecule has 0 spiro atoms. The van der Waals surface area contributed by atoms with Crippen LogP contribution in [-0.4, -0.2) is 12.0 Å². The maximum Gasteiger partial charge on any atom is 0.146 e. The van der Waals surface area contributed by atoms with E-state index in [0.29, 0.717) is 18.8 Å². The molecule has 1 aromatic carbocycles. The van der Waals surface area contributed by atoms with Gasteiger partial charge in [-0.1, -0.05) is 6.07 Å². The molecular formula is C13H16FN3S. The van der Waals surface area contributed by atoms with Crippen molar-refractivity contribution in [2.75, 3.05) is 11.9 Å². The van der Waals surface area contributed by atoms with Gasteiger partial charge in [0.05, 0.1) is 23.4 Å². The number of hydrogen-bond donors (Lipinski definition) is 1. The normalized spacial score (nSPS) is 10.7. The third-order valence-corrected chi connectivity index (χ3v) is 3.80. The molecule has 2 aromatic rings. The lowest BCUT2D eigenvalue weighted by Gasteiger charge is -2.19. The number of halogens is 1. The second-order valence-electron chi connectivity index (χ2n) is 4.21. The summed E-state index contributed by atoms with van der Waals surface area (Å²) in [5.41, 5.74) is 9.69. The molecule has 96 valence electrons. The SMILES string of the molecule is Cc1ncsc1CN(C)c1ccc(CN)cc1F. The molecule has 2 rings (SSSR count). The largest absolute Gasteiger partial charge is 0.367 e. The van der Waals surface area contributed by atoms with Crippen LogP contribution in [-0.2, 0) is 13.1 Å². The van der Waals surface area contributed by atoms with Crippen LogP contribution >= 0.6 is 11.3 Å². The van der Waals surface area contributed by atoms with Crippen molar-refractivity contribution in [1.82, 2.24) is 4.98 Å². The second-order valence-corrected chi connectivity index (χ2v) is 5.15. The van der Waals surface area contributed by atoms with Gasteiger partial charge in [0, 0.05) is 18.5 Å². The van der Waals surface area contributed by atoms with Gasteiger partial charge in [0.15, 0.2) is 0 Å². The zero-order valence-electron chi connectivity index (χ0n) is 10.5. The van der Waals surface area contributed by atoms with Gasteiger partial charge < -0.3 is 10.6 Å². The van der Waals surface area contributed by atoms with Crippen molar-refractivity contribution in [3.05, 3.63) is 45.7 Å². The molecule has 0 atom stereocenters. The van der Waals surface area contributed by atoms with Crippen LogP contribution < -0.4 is 10.6 Å². The third kappa shape index (κ3) is 2.68. The number of aryl methyl sites for hydroxylation is 1. The number of anilines is 1. The number of rotatable bonds is 4. The van der Waals surface area contributed by atoms with Gasteiger partial charge in [-0.2, -0.15) is 0 Å². The maximum absolute atomic E-state index is 13.9. The molecule has 0 bridgehead atoms. The molecule has 0 saturated heterocycles. The summed E-state index contributed by atoms with van der Waals surface area (Å²) in [6.45, 7) is 2.98. The van der Waals surface area contributed by atoms with E-state index in [0.717, 1.165) is 16.1 Å². The van der Waals surface area contributed by atoms with Crippen LogP contribution in [0, 0.1) is 12.7 Å². The van der Waals surface area contributed by atoms with E-state index in [9.17, 15) is 4.39 Å². The van der Waals surface area contributed by atoms with Crippen molar-refractivity contribution < 1.29 is 4.39 Å². The molecule has 18 heavy (non-hydrogen) atoms. The van der Waals surface area contributed by atoms with E-state index in [1.54, 1.807) is 17.4 Å². The van der Waals surface area contributed by atoms with Gasteiger partial charge in [0.1, 0.15) is 5.82 Å². The molecule has 3 nitrogen and oxygen atoms in total. The van der Waals surface area contributed by atoms with Crippen molar-refractivity contribution in [1.29, 1.82) is 0 Å². The molecule has 2 N–H and O–H groups in total. The molecular weight excluding hydrogens is 249 g/mol. The minimum Gasteiger partial charge on any atom is -0.367 e. The first-order valence-electron chi connectivity index (χ1n) is 5.70. The van der Waals surface area contributed by atoms with Crippen LogP contribution in [0.1, 0.15) is 16.1 Å². The van der Waals surface area contributed by atoms with E-state index in [2.05, 4.69) is 4.98 Å². The third-order valence-electron chi connectivity index (χ3n) is 2.88. The molecule has 0 amide bonds. The highest BCUT2D eigenvalue weighted by atomic mass is 32.1. The molecule has 1 aromatic heterocycles. The lowest BCUT2D eigenvalue weighted by molar-refractivity contribution is 0.620. The molecule has 0 unspecified atom stereocenters. The highest BCUT2D eigenvalue weighted by molar-refractivity contribution is 7.09. The van der Waals surface area contributed by atoms with Crippen molar-refractivity contribution in [3.8, 4) is 0 Å². The van der Waals surface area contributed by atoms with Gasteiger partial charge in [-0.3, -0.25) is 0 Å². The number of benzene rings is 1. The summed E-state index contributed by atoms with van der Waals surface area (Å²) < 4.78 is 13.9. The van der Waals surface area contributed by atoms with E-state index in [1.165, 1.54) is 6.07 Å². The van der Waals surface area contributed by atoms with E-state index >= 15 is 0 Å². The zero-order valence-corrected chi connectivity index (χ0v) is 11.3. The predicted octanol–water partition coefficient (Wildman–Crippen LogP) is 2.69. The summed E-state index contributed by atoms with van der Waals surface area (Å²) in [5, 5.41) is 0. The molecule has 5 heteroatoms. The zero-order chi connectivity index (χ0) is 13.1. The topological polar surface area (TPSA) is 42.2 Å². The highest BCUT2D eigenvalue weighted by Crippen LogP contribution is 2.23. The fraction of sp³-hybridized carbons (Fsp3) is 0.308. The van der Waals surface area contributed by atoms with Gasteiger partial charge >= 0.3 is 0 Å². The molecule has 0 fully saturated rings. The summed E-state index contributed by atoms with van der Waals surface area (Å²) in [7, 11) is 1.87. The summed E-state index contributed by atoms with van der Waals surface area (Å²) in [6.07, 6.45) is 0. The number of nitrogens with two attached hydrogens (primary N) is 1. The van der Waals surface area contributed by atoms with Gasteiger partial charge in [0.2, 0.25) is 0 Å². The number of nitrogens with zero attached hydrogens (tertiary/aromatic N) is 2. The Morgan fingerprint density at radius 2 is 2.22 bits per heavy atom. The maximum atomic E-state index is 13.9. The second kappa shape index (κ2) is 5.46. The average Bonchev–Trinajstić information content (AvgIpc) is 2.74. The monoisotopic (exact) mass is 265 g/mol. The first kappa shape index (κ1) is 13.0. The molecule has 0 radical (unpaired) electrons. The Balaban J connectivity index is 2.19. The van der Waals surface area contributed by atoms with E-state index in [1.807, 2.05) is 30.4 Å². The summed E-state index contributed by atoms with van der Waals surface area (Å²) in [4.78, 5) is 7.23. The molecule has 0 aliphatic heterocycles. The fourth-order valence-electron chi connectivity index (χ4n) is 1.77. The Morgan fingerprint density at radius 1 is 1.44 bits per heavy atom. The summed E-state index contributed by atoms with van der Waals surface area (Å²) in [5.74, 6) is -0.234. The van der Waals surface area contributed by atoms with Crippen molar-refractivity contribution in [3.63, 3.8) is 0 Å². The Morgan fingerprint density at radius 3 is 2.78 bits per heavy atom. The van der Waals surface area contributed by atoms with Crippen LogP contribution in [0.3, 0.4) is 0 Å². The van der Waals surface area contributed by atoms with Gasteiger partial charge in [0.25, 0.3) is 0 Å². The predicted molar refractivity (Wildman–Crippen MR) is 73.2 cm³/mol. The van der Waals surface area contributed by atoms with E-state index < -0.39 is 0 Å². The van der Waals surface area contributed by atoms with Crippen LogP contribution in [0.4, 0.5) is 10.1 Å². The van der Waals surface area contributed by atoms with Gasteiger partial charge in [-0.25, -0.2) is 9.37 Å². The minimum atomic E-state index is -0.234. The Bertz CT molecular complexity index is 539. The molecule has 0 saturated carbocycles. The van der Waals surface area contributed by atoms with Crippen LogP contribution in [0.2, 0.25) is 0 Å². The smallest absolute Gasteiger partial charge is 0.146 e. The van der Waals surface area contributed by atoms with Crippen molar-refractivity contribution >= 4 is 17.0 Å².